The average molecular weight is 662 g/mol. The van der Waals surface area contributed by atoms with Gasteiger partial charge in [-0.25, -0.2) is 4.98 Å². The second-order valence-corrected chi connectivity index (χ2v) is 13.2. The second-order valence-electron chi connectivity index (χ2n) is 12.9. The molecule has 0 saturated carbocycles. The van der Waals surface area contributed by atoms with Crippen molar-refractivity contribution in [2.45, 2.75) is 44.8 Å². The Labute approximate surface area is 291 Å². The van der Waals surface area contributed by atoms with Crippen LogP contribution in [0.1, 0.15) is 22.3 Å². The number of hydrogen-bond donors (Lipinski definition) is 0. The van der Waals surface area contributed by atoms with E-state index in [4.69, 9.17) is 11.6 Å². The zero-order chi connectivity index (χ0) is 32.8. The van der Waals surface area contributed by atoms with Gasteiger partial charge in [0.25, 0.3) is 0 Å². The first-order valence-electron chi connectivity index (χ1n) is 17.2. The Bertz CT molecular complexity index is 1570. The van der Waals surface area contributed by atoms with Crippen molar-refractivity contribution in [1.29, 1.82) is 0 Å². The van der Waals surface area contributed by atoms with Crippen molar-refractivity contribution in [3.05, 3.63) is 156 Å². The van der Waals surface area contributed by atoms with Gasteiger partial charge >= 0.3 is 0 Å². The van der Waals surface area contributed by atoms with Crippen LogP contribution < -0.4 is 0 Å². The number of piperazine rings is 2. The molecular weight excluding hydrogens is 614 g/mol. The van der Waals surface area contributed by atoms with E-state index in [1.54, 1.807) is 6.33 Å². The highest BCUT2D eigenvalue weighted by molar-refractivity contribution is 6.18. The van der Waals surface area contributed by atoms with Crippen LogP contribution in [-0.4, -0.2) is 91.6 Å². The van der Waals surface area contributed by atoms with E-state index < -0.39 is 0 Å². The summed E-state index contributed by atoms with van der Waals surface area (Å²) >= 11 is 6.24. The van der Waals surface area contributed by atoms with Gasteiger partial charge in [-0.05, 0) is 22.3 Å². The largest absolute Gasteiger partial charge is 0.296 e. The lowest BCUT2D eigenvalue weighted by atomic mass is 10.1. The molecule has 0 bridgehead atoms. The molecule has 2 atom stereocenters. The van der Waals surface area contributed by atoms with E-state index in [2.05, 4.69) is 151 Å². The van der Waals surface area contributed by atoms with E-state index in [0.29, 0.717) is 18.0 Å². The first kappa shape index (κ1) is 34.0. The number of halogens is 1. The molecule has 7 rings (SSSR count). The summed E-state index contributed by atoms with van der Waals surface area (Å²) in [7, 11) is 0. The van der Waals surface area contributed by atoms with E-state index in [1.165, 1.54) is 22.3 Å². The maximum absolute atomic E-state index is 6.24. The van der Waals surface area contributed by atoms with Gasteiger partial charge in [-0.2, -0.15) is 5.10 Å². The predicted octanol–water partition coefficient (Wildman–Crippen LogP) is 6.28. The van der Waals surface area contributed by atoms with Crippen molar-refractivity contribution in [1.82, 2.24) is 34.4 Å². The van der Waals surface area contributed by atoms with Crippen LogP contribution in [0.4, 0.5) is 0 Å². The topological polar surface area (TPSA) is 43.7 Å². The third-order valence-electron chi connectivity index (χ3n) is 9.38. The standard InChI is InChI=1S/C21H25N5.C19H23ClN2/c1-3-7-19(8-4-1)13-24-11-12-25(14-20-9-5-2-6-10-20)21(15-24)16-26-18-22-17-23-26;20-13-19-16-21(14-17-7-3-1-4-8-17)11-12-22(19)15-18-9-5-2-6-10-18/h1-10,17-18,21H,11-16H2;1-10,19H,11-16H2. The van der Waals surface area contributed by atoms with Gasteiger partial charge in [0, 0.05) is 83.4 Å². The summed E-state index contributed by atoms with van der Waals surface area (Å²) in [4.78, 5) is 14.3. The lowest BCUT2D eigenvalue weighted by Crippen LogP contribution is -2.53. The van der Waals surface area contributed by atoms with Crippen LogP contribution in [0, 0.1) is 0 Å². The normalized spacial score (nSPS) is 19.4. The number of aromatic nitrogens is 3. The fourth-order valence-electron chi connectivity index (χ4n) is 6.80. The summed E-state index contributed by atoms with van der Waals surface area (Å²) < 4.78 is 1.95. The van der Waals surface area contributed by atoms with Crippen LogP contribution in [-0.2, 0) is 32.7 Å². The molecule has 2 aliphatic heterocycles. The highest BCUT2D eigenvalue weighted by Gasteiger charge is 2.28. The zero-order valence-corrected chi connectivity index (χ0v) is 28.6. The third-order valence-corrected chi connectivity index (χ3v) is 9.73. The Hall–Kier alpha value is -3.85. The van der Waals surface area contributed by atoms with Crippen LogP contribution in [0.25, 0.3) is 0 Å². The molecule has 2 aliphatic rings. The summed E-state index contributed by atoms with van der Waals surface area (Å²) in [5, 5.41) is 4.32. The summed E-state index contributed by atoms with van der Waals surface area (Å²) in [6.07, 6.45) is 3.43. The van der Waals surface area contributed by atoms with Crippen LogP contribution in [0.5, 0.6) is 0 Å². The summed E-state index contributed by atoms with van der Waals surface area (Å²) in [6.45, 7) is 11.3. The van der Waals surface area contributed by atoms with Crippen molar-refractivity contribution in [3.8, 4) is 0 Å². The molecule has 0 N–H and O–H groups in total. The van der Waals surface area contributed by atoms with Gasteiger partial charge in [0.05, 0.1) is 6.54 Å². The van der Waals surface area contributed by atoms with Crippen molar-refractivity contribution in [2.24, 2.45) is 0 Å². The molecule has 0 spiro atoms. The number of hydrogen-bond acceptors (Lipinski definition) is 6. The first-order chi connectivity index (χ1) is 23.7. The van der Waals surface area contributed by atoms with Crippen LogP contribution in [0.2, 0.25) is 0 Å². The Morgan fingerprint density at radius 1 is 0.521 bits per heavy atom. The molecule has 5 aromatic rings. The van der Waals surface area contributed by atoms with E-state index in [9.17, 15) is 0 Å². The first-order valence-corrected chi connectivity index (χ1v) is 17.7. The van der Waals surface area contributed by atoms with Crippen molar-refractivity contribution in [2.75, 3.05) is 45.1 Å². The molecule has 0 amide bonds. The Morgan fingerprint density at radius 3 is 1.35 bits per heavy atom. The molecule has 4 aromatic carbocycles. The van der Waals surface area contributed by atoms with Gasteiger partial charge in [0.1, 0.15) is 12.7 Å². The van der Waals surface area contributed by atoms with Crippen LogP contribution in [0.15, 0.2) is 134 Å². The van der Waals surface area contributed by atoms with Crippen LogP contribution in [0.3, 0.4) is 0 Å². The van der Waals surface area contributed by atoms with E-state index in [-0.39, 0.29) is 0 Å². The second kappa shape index (κ2) is 18.1. The molecule has 3 heterocycles. The summed E-state index contributed by atoms with van der Waals surface area (Å²) in [5.41, 5.74) is 5.50. The number of nitrogens with zero attached hydrogens (tertiary/aromatic N) is 7. The lowest BCUT2D eigenvalue weighted by molar-refractivity contribution is 0.0531. The molecule has 1 aromatic heterocycles. The molecule has 2 fully saturated rings. The minimum atomic E-state index is 0.425. The quantitative estimate of drug-likeness (QED) is 0.155. The monoisotopic (exact) mass is 661 g/mol. The molecule has 250 valence electrons. The highest BCUT2D eigenvalue weighted by atomic mass is 35.5. The van der Waals surface area contributed by atoms with E-state index in [0.717, 1.165) is 72.0 Å². The molecule has 7 nitrogen and oxygen atoms in total. The maximum Gasteiger partial charge on any atom is 0.137 e. The minimum absolute atomic E-state index is 0.425. The van der Waals surface area contributed by atoms with Gasteiger partial charge in [0.15, 0.2) is 0 Å². The average Bonchev–Trinajstić information content (AvgIpc) is 3.65. The summed E-state index contributed by atoms with van der Waals surface area (Å²) in [5.74, 6) is 0.693. The number of alkyl halides is 1. The smallest absolute Gasteiger partial charge is 0.137 e. The van der Waals surface area contributed by atoms with Crippen molar-refractivity contribution >= 4 is 11.6 Å². The van der Waals surface area contributed by atoms with Gasteiger partial charge in [-0.3, -0.25) is 24.3 Å². The molecule has 0 aliphatic carbocycles. The van der Waals surface area contributed by atoms with E-state index >= 15 is 0 Å². The Morgan fingerprint density at radius 2 is 0.938 bits per heavy atom. The third kappa shape index (κ3) is 10.3. The van der Waals surface area contributed by atoms with Gasteiger partial charge in [-0.1, -0.05) is 121 Å². The van der Waals surface area contributed by atoms with Crippen molar-refractivity contribution < 1.29 is 0 Å². The van der Waals surface area contributed by atoms with Crippen LogP contribution >= 0.6 is 11.6 Å². The SMILES string of the molecule is ClCC1CN(Cc2ccccc2)CCN1Cc1ccccc1.c1ccc(CN2CCN(Cc3ccccc3)C(Cn3cncn3)C2)cc1. The zero-order valence-electron chi connectivity index (χ0n) is 27.9. The fraction of sp³-hybridized carbons (Fsp3) is 0.350. The van der Waals surface area contributed by atoms with E-state index in [1.807, 2.05) is 11.0 Å². The fourth-order valence-corrected chi connectivity index (χ4v) is 7.09. The molecule has 2 unspecified atom stereocenters. The van der Waals surface area contributed by atoms with Gasteiger partial charge in [-0.15, -0.1) is 11.6 Å². The Balaban J connectivity index is 0.000000170. The Kier molecular flexibility index (Phi) is 12.8. The van der Waals surface area contributed by atoms with Gasteiger partial charge < -0.3 is 0 Å². The molecule has 8 heteroatoms. The number of benzene rings is 4. The molecule has 48 heavy (non-hydrogen) atoms. The molecule has 2 saturated heterocycles. The lowest BCUT2D eigenvalue weighted by Gasteiger charge is -2.41. The van der Waals surface area contributed by atoms with Gasteiger partial charge in [0.2, 0.25) is 0 Å². The van der Waals surface area contributed by atoms with Crippen molar-refractivity contribution in [3.63, 3.8) is 0 Å². The highest BCUT2D eigenvalue weighted by Crippen LogP contribution is 2.19. The summed E-state index contributed by atoms with van der Waals surface area (Å²) in [6, 6.07) is 43.7. The maximum atomic E-state index is 6.24. The molecular formula is C40H48ClN7. The minimum Gasteiger partial charge on any atom is -0.296 e. The predicted molar refractivity (Wildman–Crippen MR) is 195 cm³/mol. The number of rotatable bonds is 11. The molecule has 0 radical (unpaired) electrons.